The third-order valence-electron chi connectivity index (χ3n) is 2.79. The third kappa shape index (κ3) is 24.1. The van der Waals surface area contributed by atoms with Crippen LogP contribution in [0.1, 0.15) is 32.1 Å². The standard InChI is InChI=1S/C6H14N2O2.C5H9NO4.C3H7NO2S/c7-4-2-1-3-5(8)6(9)10;6-3(5(9)10)1-2-4(7)8;4-2(1-7)3(5)6/h5H,1-4,7-8H2,(H,9,10);3H,1-2,6H2,(H,7,8)(H,9,10);2,7H,1,4H2,(H,5,6). The maximum Gasteiger partial charge on any atom is 0.321 e. The van der Waals surface area contributed by atoms with Crippen molar-refractivity contribution in [3.63, 3.8) is 0 Å². The van der Waals surface area contributed by atoms with Gasteiger partial charge in [0, 0.05) is 12.2 Å². The van der Waals surface area contributed by atoms with E-state index in [4.69, 9.17) is 43.4 Å². The van der Waals surface area contributed by atoms with Crippen molar-refractivity contribution in [2.45, 2.75) is 50.2 Å². The average Bonchev–Trinajstić information content (AvgIpc) is 2.59. The van der Waals surface area contributed by atoms with Gasteiger partial charge in [-0.05, 0) is 25.8 Å². The van der Waals surface area contributed by atoms with E-state index in [2.05, 4.69) is 12.6 Å². The van der Waals surface area contributed by atoms with Gasteiger partial charge in [0.1, 0.15) is 18.1 Å². The lowest BCUT2D eigenvalue weighted by atomic mass is 10.1. The molecule has 0 fully saturated rings. The summed E-state index contributed by atoms with van der Waals surface area (Å²) in [5.41, 5.74) is 20.4. The summed E-state index contributed by atoms with van der Waals surface area (Å²) in [5.74, 6) is -3.94. The molecule has 13 heteroatoms. The summed E-state index contributed by atoms with van der Waals surface area (Å²) in [7, 11) is 0. The number of hydrogen-bond acceptors (Lipinski definition) is 9. The topological polar surface area (TPSA) is 253 Å². The minimum absolute atomic E-state index is 0.0231. The molecule has 0 aliphatic heterocycles. The fraction of sp³-hybridized carbons (Fsp3) is 0.714. The Morgan fingerprint density at radius 1 is 0.741 bits per heavy atom. The number of rotatable bonds is 11. The van der Waals surface area contributed by atoms with Crippen molar-refractivity contribution in [2.75, 3.05) is 12.3 Å². The van der Waals surface area contributed by atoms with Gasteiger partial charge in [-0.15, -0.1) is 0 Å². The number of carboxylic acid groups (broad SMARTS) is 4. The van der Waals surface area contributed by atoms with E-state index in [1.54, 1.807) is 0 Å². The Hall–Kier alpha value is -1.93. The maximum atomic E-state index is 10.1. The first-order chi connectivity index (χ1) is 12.4. The van der Waals surface area contributed by atoms with E-state index >= 15 is 0 Å². The first-order valence-electron chi connectivity index (χ1n) is 7.88. The van der Waals surface area contributed by atoms with Gasteiger partial charge in [-0.25, -0.2) is 0 Å². The molecule has 160 valence electrons. The Morgan fingerprint density at radius 2 is 1.15 bits per heavy atom. The normalized spacial score (nSPS) is 12.9. The largest absolute Gasteiger partial charge is 0.481 e. The van der Waals surface area contributed by atoms with Gasteiger partial charge in [0.25, 0.3) is 0 Å². The van der Waals surface area contributed by atoms with Crippen LogP contribution in [-0.2, 0) is 19.2 Å². The monoisotopic (exact) mass is 414 g/mol. The van der Waals surface area contributed by atoms with Crippen LogP contribution in [0, 0.1) is 0 Å². The van der Waals surface area contributed by atoms with Crippen molar-refractivity contribution in [2.24, 2.45) is 22.9 Å². The maximum absolute atomic E-state index is 10.1. The number of thiol groups is 1. The van der Waals surface area contributed by atoms with Gasteiger partial charge in [0.15, 0.2) is 0 Å². The molecule has 0 aromatic rings. The smallest absolute Gasteiger partial charge is 0.321 e. The van der Waals surface area contributed by atoms with Gasteiger partial charge < -0.3 is 43.4 Å². The molecule has 3 unspecified atom stereocenters. The molecule has 0 aromatic heterocycles. The van der Waals surface area contributed by atoms with E-state index in [-0.39, 0.29) is 18.6 Å². The highest BCUT2D eigenvalue weighted by Crippen LogP contribution is 1.97. The van der Waals surface area contributed by atoms with E-state index < -0.39 is 42.0 Å². The van der Waals surface area contributed by atoms with Crippen LogP contribution in [-0.4, -0.2) is 74.7 Å². The predicted octanol–water partition coefficient (Wildman–Crippen LogP) is -1.88. The summed E-state index contributed by atoms with van der Waals surface area (Å²) < 4.78 is 0. The summed E-state index contributed by atoms with van der Waals surface area (Å²) in [5, 5.41) is 32.6. The molecule has 27 heavy (non-hydrogen) atoms. The Morgan fingerprint density at radius 3 is 1.41 bits per heavy atom. The van der Waals surface area contributed by atoms with Crippen molar-refractivity contribution in [1.82, 2.24) is 0 Å². The quantitative estimate of drug-likeness (QED) is 0.133. The Bertz CT molecular complexity index is 453. The van der Waals surface area contributed by atoms with Gasteiger partial charge in [0.05, 0.1) is 0 Å². The van der Waals surface area contributed by atoms with Crippen LogP contribution in [0.3, 0.4) is 0 Å². The summed E-state index contributed by atoms with van der Waals surface area (Å²) >= 11 is 3.65. The minimum atomic E-state index is -1.17. The van der Waals surface area contributed by atoms with Crippen LogP contribution < -0.4 is 22.9 Å². The first-order valence-corrected chi connectivity index (χ1v) is 8.51. The molecule has 0 saturated heterocycles. The number of aliphatic carboxylic acids is 4. The van der Waals surface area contributed by atoms with E-state index in [0.717, 1.165) is 12.8 Å². The van der Waals surface area contributed by atoms with E-state index in [9.17, 15) is 19.2 Å². The highest BCUT2D eigenvalue weighted by molar-refractivity contribution is 7.80. The molecular weight excluding hydrogens is 384 g/mol. The van der Waals surface area contributed by atoms with Crippen LogP contribution in [0.25, 0.3) is 0 Å². The third-order valence-corrected chi connectivity index (χ3v) is 3.18. The highest BCUT2D eigenvalue weighted by Gasteiger charge is 2.12. The van der Waals surface area contributed by atoms with Crippen LogP contribution in [0.4, 0.5) is 0 Å². The number of hydrogen-bond donors (Lipinski definition) is 9. The van der Waals surface area contributed by atoms with Gasteiger partial charge in [-0.1, -0.05) is 6.42 Å². The van der Waals surface area contributed by atoms with E-state index in [1.165, 1.54) is 0 Å². The second kappa shape index (κ2) is 18.8. The molecule has 0 rings (SSSR count). The van der Waals surface area contributed by atoms with Gasteiger partial charge in [-0.2, -0.15) is 12.6 Å². The molecule has 0 amide bonds. The molecule has 0 radical (unpaired) electrons. The molecule has 0 saturated carbocycles. The van der Waals surface area contributed by atoms with Crippen LogP contribution >= 0.6 is 12.6 Å². The SMILES string of the molecule is NC(CCC(=O)O)C(=O)O.NC(CS)C(=O)O.NCCCCC(N)C(=O)O. The zero-order valence-corrected chi connectivity index (χ0v) is 15.8. The zero-order valence-electron chi connectivity index (χ0n) is 14.9. The van der Waals surface area contributed by atoms with Gasteiger partial charge in [0.2, 0.25) is 0 Å². The van der Waals surface area contributed by atoms with Crippen molar-refractivity contribution >= 4 is 36.5 Å². The average molecular weight is 414 g/mol. The van der Waals surface area contributed by atoms with Gasteiger partial charge in [-0.3, -0.25) is 19.2 Å². The Labute approximate surface area is 162 Å². The van der Waals surface area contributed by atoms with Crippen LogP contribution in [0.2, 0.25) is 0 Å². The lowest BCUT2D eigenvalue weighted by molar-refractivity contribution is -0.140. The Kier molecular flexibility index (Phi) is 20.8. The fourth-order valence-corrected chi connectivity index (χ4v) is 1.27. The second-order valence-electron chi connectivity index (χ2n) is 5.23. The van der Waals surface area contributed by atoms with Crippen LogP contribution in [0.5, 0.6) is 0 Å². The van der Waals surface area contributed by atoms with E-state index in [0.29, 0.717) is 13.0 Å². The molecule has 0 aliphatic rings. The number of unbranched alkanes of at least 4 members (excludes halogenated alkanes) is 1. The van der Waals surface area contributed by atoms with Crippen molar-refractivity contribution in [3.8, 4) is 0 Å². The minimum Gasteiger partial charge on any atom is -0.481 e. The highest BCUT2D eigenvalue weighted by atomic mass is 32.1. The molecule has 0 bridgehead atoms. The van der Waals surface area contributed by atoms with Crippen LogP contribution in [0.15, 0.2) is 0 Å². The first kappa shape index (κ1) is 29.8. The summed E-state index contributed by atoms with van der Waals surface area (Å²) in [6, 6.07) is -2.59. The molecular formula is C14H30N4O8S. The number of nitrogens with two attached hydrogens (primary N) is 4. The number of carboxylic acids is 4. The molecule has 3 atom stereocenters. The summed E-state index contributed by atoms with van der Waals surface area (Å²) in [6.07, 6.45) is 1.94. The zero-order chi connectivity index (χ0) is 22.0. The lowest BCUT2D eigenvalue weighted by Gasteiger charge is -2.03. The van der Waals surface area contributed by atoms with Crippen molar-refractivity contribution < 1.29 is 39.6 Å². The molecule has 0 aliphatic carbocycles. The lowest BCUT2D eigenvalue weighted by Crippen LogP contribution is -2.31. The Balaban J connectivity index is -0.000000326. The molecule has 0 spiro atoms. The molecule has 12 N–H and O–H groups in total. The fourth-order valence-electron chi connectivity index (χ4n) is 1.11. The molecule has 12 nitrogen and oxygen atoms in total. The van der Waals surface area contributed by atoms with Gasteiger partial charge >= 0.3 is 23.9 Å². The number of carbonyl (C=O) groups is 4. The second-order valence-corrected chi connectivity index (χ2v) is 5.60. The predicted molar refractivity (Wildman–Crippen MR) is 100 cm³/mol. The molecule has 0 heterocycles. The molecule has 0 aromatic carbocycles. The van der Waals surface area contributed by atoms with E-state index in [1.807, 2.05) is 0 Å². The summed E-state index contributed by atoms with van der Waals surface area (Å²) in [4.78, 5) is 39.8. The van der Waals surface area contributed by atoms with Crippen molar-refractivity contribution in [3.05, 3.63) is 0 Å². The van der Waals surface area contributed by atoms with Crippen molar-refractivity contribution in [1.29, 1.82) is 0 Å². The summed E-state index contributed by atoms with van der Waals surface area (Å²) in [6.45, 7) is 0.604.